The number of rotatable bonds is 8. The number of ether oxygens (including phenoxy) is 1. The van der Waals surface area contributed by atoms with Crippen LogP contribution in [0.15, 0.2) is 36.4 Å². The Morgan fingerprint density at radius 3 is 2.19 bits per heavy atom. The largest absolute Gasteiger partial charge is 0.459 e. The second-order valence-electron chi connectivity index (χ2n) is 8.76. The van der Waals surface area contributed by atoms with Gasteiger partial charge in [-0.25, -0.2) is 4.79 Å². The highest BCUT2D eigenvalue weighted by atomic mass is 35.5. The van der Waals surface area contributed by atoms with E-state index in [1.165, 1.54) is 5.56 Å². The molecule has 0 spiro atoms. The Morgan fingerprint density at radius 2 is 1.68 bits per heavy atom. The fourth-order valence-corrected chi connectivity index (χ4v) is 3.82. The lowest BCUT2D eigenvalue weighted by molar-refractivity contribution is -0.147. The van der Waals surface area contributed by atoms with Gasteiger partial charge in [0.25, 0.3) is 5.91 Å². The summed E-state index contributed by atoms with van der Waals surface area (Å²) in [5.74, 6) is -0.00407. The second kappa shape index (κ2) is 11.1. The van der Waals surface area contributed by atoms with Gasteiger partial charge in [0.2, 0.25) is 0 Å². The zero-order chi connectivity index (χ0) is 23.2. The standard InChI is InChI=1S/C25H32ClNO3S/c1-16-13-19(25(3,4)5)14-17(2)21(16)15-30-24(29)22(11-12-31-6)27-23(28)18-7-9-20(26)10-8-18/h7-10,13-14,22H,11-12,15H2,1-6H3,(H,27,28). The number of hydrogen-bond acceptors (Lipinski definition) is 4. The molecule has 0 aliphatic heterocycles. The molecule has 0 radical (unpaired) electrons. The number of esters is 1. The van der Waals surface area contributed by atoms with Crippen LogP contribution in [0.25, 0.3) is 0 Å². The molecular formula is C25H32ClNO3S. The Hall–Kier alpha value is -1.98. The predicted molar refractivity (Wildman–Crippen MR) is 130 cm³/mol. The molecule has 2 aromatic rings. The van der Waals surface area contributed by atoms with Gasteiger partial charge >= 0.3 is 5.97 Å². The van der Waals surface area contributed by atoms with E-state index in [-0.39, 0.29) is 17.9 Å². The van der Waals surface area contributed by atoms with E-state index in [1.54, 1.807) is 36.0 Å². The van der Waals surface area contributed by atoms with Gasteiger partial charge in [0.05, 0.1) is 0 Å². The smallest absolute Gasteiger partial charge is 0.329 e. The fourth-order valence-electron chi connectivity index (χ4n) is 3.23. The second-order valence-corrected chi connectivity index (χ2v) is 10.2. The molecule has 2 aromatic carbocycles. The Kier molecular flexibility index (Phi) is 9.01. The first kappa shape index (κ1) is 25.3. The van der Waals surface area contributed by atoms with Crippen molar-refractivity contribution in [2.24, 2.45) is 0 Å². The van der Waals surface area contributed by atoms with E-state index in [9.17, 15) is 9.59 Å². The van der Waals surface area contributed by atoms with Crippen molar-refractivity contribution in [2.75, 3.05) is 12.0 Å². The number of thioether (sulfide) groups is 1. The maximum absolute atomic E-state index is 12.8. The SMILES string of the molecule is CSCCC(NC(=O)c1ccc(Cl)cc1)C(=O)OCc1c(C)cc(C(C)(C)C)cc1C. The number of aryl methyl sites for hydroxylation is 2. The number of hydrogen-bond donors (Lipinski definition) is 1. The summed E-state index contributed by atoms with van der Waals surface area (Å²) >= 11 is 7.51. The summed E-state index contributed by atoms with van der Waals surface area (Å²) in [5, 5.41) is 3.37. The van der Waals surface area contributed by atoms with Crippen LogP contribution in [-0.4, -0.2) is 29.9 Å². The maximum atomic E-state index is 12.8. The third-order valence-electron chi connectivity index (χ3n) is 5.23. The van der Waals surface area contributed by atoms with E-state index in [0.29, 0.717) is 17.0 Å². The lowest BCUT2D eigenvalue weighted by atomic mass is 9.84. The van der Waals surface area contributed by atoms with Gasteiger partial charge < -0.3 is 10.1 Å². The van der Waals surface area contributed by atoms with Crippen LogP contribution in [0.3, 0.4) is 0 Å². The summed E-state index contributed by atoms with van der Waals surface area (Å²) in [6, 6.07) is 10.2. The van der Waals surface area contributed by atoms with Gasteiger partial charge in [-0.2, -0.15) is 11.8 Å². The highest BCUT2D eigenvalue weighted by Crippen LogP contribution is 2.27. The van der Waals surface area contributed by atoms with Gasteiger partial charge in [-0.3, -0.25) is 4.79 Å². The van der Waals surface area contributed by atoms with Gasteiger partial charge in [0.1, 0.15) is 12.6 Å². The molecule has 0 heterocycles. The summed E-state index contributed by atoms with van der Waals surface area (Å²) in [4.78, 5) is 25.4. The number of carbonyl (C=O) groups excluding carboxylic acids is 2. The topological polar surface area (TPSA) is 55.4 Å². The quantitative estimate of drug-likeness (QED) is 0.501. The number of carbonyl (C=O) groups is 2. The van der Waals surface area contributed by atoms with Crippen molar-refractivity contribution in [3.63, 3.8) is 0 Å². The first-order chi connectivity index (χ1) is 14.5. The van der Waals surface area contributed by atoms with E-state index in [0.717, 1.165) is 22.4 Å². The lowest BCUT2D eigenvalue weighted by Gasteiger charge is -2.23. The predicted octanol–water partition coefficient (Wildman–Crippen LogP) is 5.85. The molecule has 4 nitrogen and oxygen atoms in total. The maximum Gasteiger partial charge on any atom is 0.329 e. The van der Waals surface area contributed by atoms with Crippen LogP contribution in [0.1, 0.15) is 59.8 Å². The normalized spacial score (nSPS) is 12.4. The van der Waals surface area contributed by atoms with Crippen molar-refractivity contribution in [3.05, 3.63) is 69.2 Å². The molecule has 0 saturated carbocycles. The van der Waals surface area contributed by atoms with Crippen LogP contribution in [0, 0.1) is 13.8 Å². The highest BCUT2D eigenvalue weighted by Gasteiger charge is 2.23. The average molecular weight is 462 g/mol. The molecule has 0 fully saturated rings. The van der Waals surface area contributed by atoms with Crippen LogP contribution in [0.2, 0.25) is 5.02 Å². The molecule has 1 atom stereocenters. The summed E-state index contributed by atoms with van der Waals surface area (Å²) in [7, 11) is 0. The van der Waals surface area contributed by atoms with Gasteiger partial charge in [-0.05, 0) is 84.2 Å². The average Bonchev–Trinajstić information content (AvgIpc) is 2.69. The molecule has 2 rings (SSSR count). The minimum absolute atomic E-state index is 0.0551. The van der Waals surface area contributed by atoms with Gasteiger partial charge in [0.15, 0.2) is 0 Å². The molecule has 0 bridgehead atoms. The molecule has 0 aliphatic carbocycles. The number of benzene rings is 2. The Bertz CT molecular complexity index is 896. The molecule has 168 valence electrons. The van der Waals surface area contributed by atoms with Crippen molar-refractivity contribution in [1.29, 1.82) is 0 Å². The molecule has 6 heteroatoms. The van der Waals surface area contributed by atoms with Gasteiger partial charge in [-0.15, -0.1) is 0 Å². The van der Waals surface area contributed by atoms with Crippen molar-refractivity contribution < 1.29 is 14.3 Å². The number of halogens is 1. The Balaban J connectivity index is 2.10. The summed E-state index contributed by atoms with van der Waals surface area (Å²) in [6.45, 7) is 10.8. The summed E-state index contributed by atoms with van der Waals surface area (Å²) in [6.07, 6.45) is 2.47. The molecule has 0 aliphatic rings. The highest BCUT2D eigenvalue weighted by molar-refractivity contribution is 7.98. The number of amides is 1. The zero-order valence-corrected chi connectivity index (χ0v) is 20.7. The Morgan fingerprint density at radius 1 is 1.10 bits per heavy atom. The third kappa shape index (κ3) is 7.29. The number of nitrogens with one attached hydrogen (secondary N) is 1. The van der Waals surface area contributed by atoms with Gasteiger partial charge in [-0.1, -0.05) is 44.5 Å². The van der Waals surface area contributed by atoms with Crippen molar-refractivity contribution >= 4 is 35.2 Å². The van der Waals surface area contributed by atoms with Crippen molar-refractivity contribution in [1.82, 2.24) is 5.32 Å². The minimum Gasteiger partial charge on any atom is -0.459 e. The van der Waals surface area contributed by atoms with E-state index < -0.39 is 12.0 Å². The molecule has 0 saturated heterocycles. The van der Waals surface area contributed by atoms with Gasteiger partial charge in [0, 0.05) is 10.6 Å². The van der Waals surface area contributed by atoms with E-state index in [2.05, 4.69) is 38.2 Å². The van der Waals surface area contributed by atoms with Crippen LogP contribution in [0.4, 0.5) is 0 Å². The van der Waals surface area contributed by atoms with Crippen LogP contribution < -0.4 is 5.32 Å². The van der Waals surface area contributed by atoms with E-state index in [1.807, 2.05) is 20.1 Å². The van der Waals surface area contributed by atoms with E-state index >= 15 is 0 Å². The minimum atomic E-state index is -0.704. The molecule has 1 N–H and O–H groups in total. The monoisotopic (exact) mass is 461 g/mol. The fraction of sp³-hybridized carbons (Fsp3) is 0.440. The molecule has 1 unspecified atom stereocenters. The van der Waals surface area contributed by atoms with Crippen molar-refractivity contribution in [2.45, 2.75) is 59.1 Å². The Labute approximate surface area is 195 Å². The van der Waals surface area contributed by atoms with Crippen LogP contribution >= 0.6 is 23.4 Å². The summed E-state index contributed by atoms with van der Waals surface area (Å²) in [5.41, 5.74) is 4.97. The third-order valence-corrected chi connectivity index (χ3v) is 6.12. The van der Waals surface area contributed by atoms with Crippen LogP contribution in [0.5, 0.6) is 0 Å². The lowest BCUT2D eigenvalue weighted by Crippen LogP contribution is -2.42. The molecule has 0 aromatic heterocycles. The first-order valence-corrected chi connectivity index (χ1v) is 12.1. The van der Waals surface area contributed by atoms with Crippen molar-refractivity contribution in [3.8, 4) is 0 Å². The molecular weight excluding hydrogens is 430 g/mol. The zero-order valence-electron chi connectivity index (χ0n) is 19.2. The first-order valence-electron chi connectivity index (χ1n) is 10.4. The van der Waals surface area contributed by atoms with E-state index in [4.69, 9.17) is 16.3 Å². The molecule has 1 amide bonds. The molecule has 31 heavy (non-hydrogen) atoms. The van der Waals surface area contributed by atoms with Crippen LogP contribution in [-0.2, 0) is 21.6 Å². The summed E-state index contributed by atoms with van der Waals surface area (Å²) < 4.78 is 5.65.